The Bertz CT molecular complexity index is 1690. The lowest BCUT2D eigenvalue weighted by Gasteiger charge is -2.59. The number of quaternary nitrogens is 1. The summed E-state index contributed by atoms with van der Waals surface area (Å²) in [6.07, 6.45) is 9.81. The summed E-state index contributed by atoms with van der Waals surface area (Å²) in [6, 6.07) is 6.76. The van der Waals surface area contributed by atoms with E-state index in [-0.39, 0.29) is 24.1 Å². The van der Waals surface area contributed by atoms with Crippen molar-refractivity contribution in [3.63, 3.8) is 0 Å². The molecule has 3 aromatic rings. The fourth-order valence-corrected chi connectivity index (χ4v) is 8.00. The maximum absolute atomic E-state index is 15.1. The van der Waals surface area contributed by atoms with Crippen LogP contribution in [0.1, 0.15) is 18.4 Å². The van der Waals surface area contributed by atoms with Gasteiger partial charge in [0.15, 0.2) is 23.2 Å². The molecule has 13 heteroatoms. The molecule has 1 atom stereocenters. The van der Waals surface area contributed by atoms with Crippen LogP contribution in [0.15, 0.2) is 48.4 Å². The van der Waals surface area contributed by atoms with Crippen LogP contribution in [0.4, 0.5) is 30.6 Å². The summed E-state index contributed by atoms with van der Waals surface area (Å²) in [7, 11) is 4.56. The zero-order valence-corrected chi connectivity index (χ0v) is 25.6. The number of hydrogen-bond acceptors (Lipinski definition) is 7. The van der Waals surface area contributed by atoms with E-state index in [1.165, 1.54) is 11.8 Å². The number of rotatable bonds is 8. The van der Waals surface area contributed by atoms with E-state index in [0.29, 0.717) is 57.3 Å². The van der Waals surface area contributed by atoms with Gasteiger partial charge in [-0.25, -0.2) is 22.8 Å². The SMILES string of the molecule is COc1cc(-c2nc(Nc3ccc(C4=CC(O[N+]5(C)CCS5(C)C)=C4)c(F)c3)n(C)n2)cnc1N1CC2(C1)CC(F)(F)C2. The average molecular weight is 615 g/mol. The van der Waals surface area contributed by atoms with Gasteiger partial charge in [0.25, 0.3) is 0 Å². The minimum atomic E-state index is -2.55. The first kappa shape index (κ1) is 28.1. The van der Waals surface area contributed by atoms with Crippen molar-refractivity contribution >= 4 is 33.2 Å². The number of nitrogens with zero attached hydrogens (tertiary/aromatic N) is 6. The molecule has 4 aliphatic rings. The molecule has 0 amide bonds. The number of allylic oxidation sites excluding steroid dienone is 3. The first-order valence-electron chi connectivity index (χ1n) is 14.1. The van der Waals surface area contributed by atoms with Crippen molar-refractivity contribution in [2.24, 2.45) is 12.5 Å². The predicted octanol–water partition coefficient (Wildman–Crippen LogP) is 5.66. The fraction of sp³-hybridized carbons (Fsp3) is 0.433. The molecule has 1 unspecified atom stereocenters. The van der Waals surface area contributed by atoms with Gasteiger partial charge in [0.05, 0.1) is 12.9 Å². The number of nitrogens with one attached hydrogen (secondary N) is 1. The van der Waals surface area contributed by atoms with Crippen LogP contribution in [0.25, 0.3) is 17.0 Å². The second-order valence-electron chi connectivity index (χ2n) is 12.7. The number of methoxy groups -OCH3 is 1. The van der Waals surface area contributed by atoms with E-state index < -0.39 is 16.1 Å². The van der Waals surface area contributed by atoms with Crippen molar-refractivity contribution in [3.8, 4) is 17.1 Å². The molecule has 2 aromatic heterocycles. The molecule has 1 spiro atoms. The van der Waals surface area contributed by atoms with Crippen molar-refractivity contribution in [2.45, 2.75) is 18.8 Å². The Kier molecular flexibility index (Phi) is 6.13. The highest BCUT2D eigenvalue weighted by Crippen LogP contribution is 2.59. The van der Waals surface area contributed by atoms with Crippen molar-refractivity contribution in [1.82, 2.24) is 19.7 Å². The van der Waals surface area contributed by atoms with E-state index in [4.69, 9.17) is 9.57 Å². The number of benzene rings is 1. The topological polar surface area (TPSA) is 77.3 Å². The molecule has 43 heavy (non-hydrogen) atoms. The number of halogens is 3. The maximum atomic E-state index is 15.1. The Morgan fingerprint density at radius 2 is 1.86 bits per heavy atom. The zero-order valence-electron chi connectivity index (χ0n) is 24.8. The number of aryl methyl sites for hydroxylation is 1. The number of hydroxylamine groups is 2. The summed E-state index contributed by atoms with van der Waals surface area (Å²) in [6.45, 7) is 2.07. The maximum Gasteiger partial charge on any atom is 0.249 e. The van der Waals surface area contributed by atoms with Crippen LogP contribution in [0.2, 0.25) is 0 Å². The first-order chi connectivity index (χ1) is 20.3. The Hall–Kier alpha value is -3.71. The number of anilines is 3. The third kappa shape index (κ3) is 4.73. The van der Waals surface area contributed by atoms with Crippen LogP contribution in [0, 0.1) is 11.2 Å². The summed E-state index contributed by atoms with van der Waals surface area (Å²) in [5, 5.41) is 7.64. The summed E-state index contributed by atoms with van der Waals surface area (Å²) in [5.74, 6) is 1.05. The molecule has 2 aliphatic carbocycles. The van der Waals surface area contributed by atoms with Crippen molar-refractivity contribution in [3.05, 3.63) is 59.8 Å². The van der Waals surface area contributed by atoms with E-state index in [9.17, 15) is 8.78 Å². The van der Waals surface area contributed by atoms with Gasteiger partial charge < -0.3 is 19.8 Å². The van der Waals surface area contributed by atoms with Crippen LogP contribution in [0.3, 0.4) is 0 Å². The highest BCUT2D eigenvalue weighted by atomic mass is 32.3. The fourth-order valence-electron chi connectivity index (χ4n) is 6.29. The molecule has 0 bridgehead atoms. The van der Waals surface area contributed by atoms with Gasteiger partial charge in [0.1, 0.15) is 19.4 Å². The number of ether oxygens (including phenoxy) is 1. The molecule has 2 saturated heterocycles. The third-order valence-corrected chi connectivity index (χ3v) is 12.7. The largest absolute Gasteiger partial charge is 0.493 e. The monoisotopic (exact) mass is 614 g/mol. The molecule has 1 N–H and O–H groups in total. The normalized spacial score (nSPS) is 24.9. The predicted molar refractivity (Wildman–Crippen MR) is 162 cm³/mol. The Morgan fingerprint density at radius 1 is 1.12 bits per heavy atom. The van der Waals surface area contributed by atoms with E-state index in [2.05, 4.69) is 39.9 Å². The minimum Gasteiger partial charge on any atom is -0.493 e. The number of hydrogen-bond donors (Lipinski definition) is 1. The lowest BCUT2D eigenvalue weighted by Crippen LogP contribution is -2.66. The Balaban J connectivity index is 1.01. The van der Waals surface area contributed by atoms with Gasteiger partial charge in [-0.15, -0.1) is 9.15 Å². The molecule has 0 radical (unpaired) electrons. The second-order valence-corrected chi connectivity index (χ2v) is 16.8. The van der Waals surface area contributed by atoms with Crippen molar-refractivity contribution in [2.75, 3.05) is 62.3 Å². The van der Waals surface area contributed by atoms with E-state index >= 15 is 4.39 Å². The average Bonchev–Trinajstić information content (AvgIpc) is 3.26. The summed E-state index contributed by atoms with van der Waals surface area (Å²) >= 11 is 0. The molecule has 4 heterocycles. The van der Waals surface area contributed by atoms with Crippen molar-refractivity contribution < 1.29 is 26.8 Å². The van der Waals surface area contributed by atoms with E-state index in [0.717, 1.165) is 17.9 Å². The molecule has 1 saturated carbocycles. The van der Waals surface area contributed by atoms with Gasteiger partial charge in [0.2, 0.25) is 11.9 Å². The molecule has 9 nitrogen and oxygen atoms in total. The van der Waals surface area contributed by atoms with Gasteiger partial charge in [-0.3, -0.25) is 0 Å². The van der Waals surface area contributed by atoms with Crippen molar-refractivity contribution in [1.29, 1.82) is 0 Å². The number of pyridine rings is 1. The Labute approximate surface area is 250 Å². The van der Waals surface area contributed by atoms with Gasteiger partial charge in [-0.2, -0.15) is 4.98 Å². The third-order valence-electron chi connectivity index (χ3n) is 9.17. The molecule has 228 valence electrons. The molecular weight excluding hydrogens is 579 g/mol. The van der Waals surface area contributed by atoms with Crippen LogP contribution in [-0.4, -0.2) is 81.8 Å². The highest BCUT2D eigenvalue weighted by Gasteiger charge is 2.62. The minimum absolute atomic E-state index is 0.0692. The number of aromatic nitrogens is 4. The van der Waals surface area contributed by atoms with Gasteiger partial charge in [0, 0.05) is 73.9 Å². The van der Waals surface area contributed by atoms with Crippen LogP contribution in [-0.2, 0) is 11.9 Å². The summed E-state index contributed by atoms with van der Waals surface area (Å²) in [4.78, 5) is 17.3. The second kappa shape index (κ2) is 9.39. The first-order valence-corrected chi connectivity index (χ1v) is 16.7. The molecular formula is C30H35F3N7O2S+. The lowest BCUT2D eigenvalue weighted by molar-refractivity contribution is -0.989. The molecule has 3 fully saturated rings. The smallest absolute Gasteiger partial charge is 0.249 e. The van der Waals surface area contributed by atoms with Crippen LogP contribution >= 0.6 is 10.2 Å². The van der Waals surface area contributed by atoms with Gasteiger partial charge >= 0.3 is 0 Å². The van der Waals surface area contributed by atoms with E-state index in [1.807, 2.05) is 17.1 Å². The molecule has 7 rings (SSSR count). The summed E-state index contributed by atoms with van der Waals surface area (Å²) in [5.41, 5.74) is 2.16. The van der Waals surface area contributed by atoms with E-state index in [1.54, 1.807) is 43.2 Å². The summed E-state index contributed by atoms with van der Waals surface area (Å²) < 4.78 is 49.7. The van der Waals surface area contributed by atoms with Crippen LogP contribution in [0.5, 0.6) is 5.75 Å². The Morgan fingerprint density at radius 3 is 2.47 bits per heavy atom. The standard InChI is InChI=1S/C30H35F3N7O2S/c1-38-28(35-21-6-7-23(24(31)13-21)19-10-22(11-19)42-40(2)8-9-43(40,4)5)36-26(37-38)20-12-25(41-3)27(34-14-20)39-17-29(18-39)15-30(32,33)16-29/h6-7,10-14H,8-9,15-18H2,1-5H3,(H,35,36,37)/q+1. The van der Waals surface area contributed by atoms with Gasteiger partial charge in [-0.1, -0.05) is 10.2 Å². The molecule has 2 aliphatic heterocycles. The highest BCUT2D eigenvalue weighted by molar-refractivity contribution is 8.28. The lowest BCUT2D eigenvalue weighted by atomic mass is 9.61. The van der Waals surface area contributed by atoms with Gasteiger partial charge in [-0.05, 0) is 42.0 Å². The quantitative estimate of drug-likeness (QED) is 0.329. The zero-order chi connectivity index (χ0) is 30.4. The number of alkyl halides is 2. The van der Waals surface area contributed by atoms with Crippen LogP contribution < -0.4 is 15.0 Å². The molecule has 1 aromatic carbocycles.